The van der Waals surface area contributed by atoms with Crippen molar-refractivity contribution in [3.63, 3.8) is 0 Å². The maximum Gasteiger partial charge on any atom is 0.345 e. The van der Waals surface area contributed by atoms with Gasteiger partial charge >= 0.3 is 6.03 Å². The predicted octanol–water partition coefficient (Wildman–Crippen LogP) is -0.254. The van der Waals surface area contributed by atoms with Gasteiger partial charge in [0.2, 0.25) is 0 Å². The Hall–Kier alpha value is -0.520. The van der Waals surface area contributed by atoms with E-state index >= 15 is 0 Å². The van der Waals surface area contributed by atoms with Crippen molar-refractivity contribution in [3.05, 3.63) is 0 Å². The van der Waals surface area contributed by atoms with Gasteiger partial charge in [-0.1, -0.05) is 9.39 Å². The lowest BCUT2D eigenvalue weighted by atomic mass is 10.0. The van der Waals surface area contributed by atoms with Crippen molar-refractivity contribution in [2.45, 2.75) is 24.9 Å². The van der Waals surface area contributed by atoms with Crippen LogP contribution in [0.15, 0.2) is 0 Å². The summed E-state index contributed by atoms with van der Waals surface area (Å²) in [6, 6.07) is -0.702. The largest absolute Gasteiger partial charge is 0.345 e. The molecule has 8 nitrogen and oxygen atoms in total. The van der Waals surface area contributed by atoms with Crippen LogP contribution in [0.25, 0.3) is 0 Å². The molecule has 0 aromatic carbocycles. The van der Waals surface area contributed by atoms with Crippen LogP contribution in [-0.2, 0) is 14.3 Å². The molecule has 3 aliphatic rings. The van der Waals surface area contributed by atoms with Crippen molar-refractivity contribution in [2.75, 3.05) is 26.2 Å². The average Bonchev–Trinajstić information content (AvgIpc) is 2.68. The second kappa shape index (κ2) is 6.31. The molecule has 3 saturated heterocycles. The van der Waals surface area contributed by atoms with Gasteiger partial charge in [-0.2, -0.15) is 5.06 Å². The van der Waals surface area contributed by atoms with Gasteiger partial charge < -0.3 is 4.90 Å². The lowest BCUT2D eigenvalue weighted by Crippen LogP contribution is -2.50. The smallest absolute Gasteiger partial charge is 0.309 e. The number of fused-ring (bicyclic) bond motifs is 2. The van der Waals surface area contributed by atoms with Crippen LogP contribution in [0.5, 0.6) is 0 Å². The minimum atomic E-state index is -0.474. The van der Waals surface area contributed by atoms with Gasteiger partial charge in [-0.25, -0.2) is 10.3 Å². The second-order valence-corrected chi connectivity index (χ2v) is 6.65. The van der Waals surface area contributed by atoms with Gasteiger partial charge in [0.05, 0.1) is 12.6 Å². The third-order valence-electron chi connectivity index (χ3n) is 4.22. The highest BCUT2D eigenvalue weighted by molar-refractivity contribution is 7.13. The van der Waals surface area contributed by atoms with Gasteiger partial charge in [0.1, 0.15) is 6.04 Å². The molecule has 0 radical (unpaired) electrons. The molecular formula is C11H20N4O4P2. The minimum Gasteiger partial charge on any atom is -0.309 e. The molecule has 2 bridgehead atoms. The molecular weight excluding hydrogens is 314 g/mol. The van der Waals surface area contributed by atoms with Gasteiger partial charge in [0.15, 0.2) is 0 Å². The van der Waals surface area contributed by atoms with Crippen molar-refractivity contribution >= 4 is 30.8 Å². The van der Waals surface area contributed by atoms with E-state index in [-0.39, 0.29) is 18.0 Å². The number of urea groups is 1. The highest BCUT2D eigenvalue weighted by atomic mass is 31.0. The molecule has 0 spiro atoms. The Morgan fingerprint density at radius 2 is 2.10 bits per heavy atom. The molecule has 3 aliphatic heterocycles. The molecule has 3 rings (SSSR count). The number of piperidine rings is 1. The Bertz CT molecular complexity index is 434. The Balaban J connectivity index is 1.48. The maximum absolute atomic E-state index is 12.2. The summed E-state index contributed by atoms with van der Waals surface area (Å²) in [5.41, 5.74) is 2.48. The standard InChI is InChI=1S/C11H20N4O4P2/c16-10(12-18-6-7-3-13(20)4-7)9-2-1-8-5-14(9)11(17)15(8)19-21/h7-9H,1-6,20-21H2,(H,12,16)/t8-,9-/m0/s1. The summed E-state index contributed by atoms with van der Waals surface area (Å²) in [5, 5.41) is 1.32. The molecule has 0 aromatic rings. The second-order valence-electron chi connectivity index (χ2n) is 5.71. The van der Waals surface area contributed by atoms with Crippen LogP contribution in [-0.4, -0.2) is 64.9 Å². The first kappa shape index (κ1) is 15.4. The zero-order chi connectivity index (χ0) is 15.0. The highest BCUT2D eigenvalue weighted by Crippen LogP contribution is 2.30. The van der Waals surface area contributed by atoms with Gasteiger partial charge in [-0.05, 0) is 12.8 Å². The third kappa shape index (κ3) is 3.01. The molecule has 1 N–H and O–H groups in total. The van der Waals surface area contributed by atoms with E-state index in [1.54, 1.807) is 4.90 Å². The van der Waals surface area contributed by atoms with Crippen LogP contribution < -0.4 is 5.48 Å². The fourth-order valence-electron chi connectivity index (χ4n) is 3.05. The van der Waals surface area contributed by atoms with Crippen molar-refractivity contribution in [2.24, 2.45) is 5.92 Å². The molecule has 10 heteroatoms. The monoisotopic (exact) mass is 334 g/mol. The number of hydroxylamine groups is 3. The number of hydrogen-bond acceptors (Lipinski definition) is 5. The van der Waals surface area contributed by atoms with E-state index in [0.29, 0.717) is 25.5 Å². The molecule has 0 aromatic heterocycles. The SMILES string of the molecule is O=C(NOCC1CN(P)C1)[C@@H]1CC[C@H]2CN1C(=O)N2OP. The molecule has 3 heterocycles. The van der Waals surface area contributed by atoms with E-state index in [1.165, 1.54) is 5.06 Å². The number of carbonyl (C=O) groups is 2. The van der Waals surface area contributed by atoms with Gasteiger partial charge in [-0.15, -0.1) is 0 Å². The van der Waals surface area contributed by atoms with Crippen molar-refractivity contribution in [1.82, 2.24) is 20.1 Å². The van der Waals surface area contributed by atoms with Crippen LogP contribution in [0.2, 0.25) is 0 Å². The first-order chi connectivity index (χ1) is 10.1. The van der Waals surface area contributed by atoms with Crippen LogP contribution in [0.4, 0.5) is 4.79 Å². The van der Waals surface area contributed by atoms with E-state index in [4.69, 9.17) is 9.46 Å². The molecule has 0 aliphatic carbocycles. The summed E-state index contributed by atoms with van der Waals surface area (Å²) in [5.74, 6) is 0.197. The topological polar surface area (TPSA) is 74.4 Å². The Morgan fingerprint density at radius 1 is 1.33 bits per heavy atom. The maximum atomic E-state index is 12.2. The zero-order valence-corrected chi connectivity index (χ0v) is 13.9. The molecule has 3 fully saturated rings. The molecule has 118 valence electrons. The van der Waals surface area contributed by atoms with Crippen molar-refractivity contribution in [1.29, 1.82) is 0 Å². The number of nitrogens with zero attached hydrogens (tertiary/aromatic N) is 3. The fraction of sp³-hybridized carbons (Fsp3) is 0.818. The Labute approximate surface area is 127 Å². The summed E-state index contributed by atoms with van der Waals surface area (Å²) >= 11 is 0. The van der Waals surface area contributed by atoms with E-state index in [1.807, 2.05) is 0 Å². The molecule has 3 amide bonds. The number of hydrogen-bond donors (Lipinski definition) is 1. The summed E-state index contributed by atoms with van der Waals surface area (Å²) in [4.78, 5) is 31.1. The van der Waals surface area contributed by atoms with E-state index in [9.17, 15) is 9.59 Å². The fourth-order valence-corrected chi connectivity index (χ4v) is 3.91. The number of amides is 3. The number of rotatable bonds is 5. The zero-order valence-electron chi connectivity index (χ0n) is 11.6. The van der Waals surface area contributed by atoms with Crippen LogP contribution >= 0.6 is 18.9 Å². The average molecular weight is 334 g/mol. The van der Waals surface area contributed by atoms with E-state index in [0.717, 1.165) is 19.5 Å². The lowest BCUT2D eigenvalue weighted by Gasteiger charge is -2.35. The molecule has 21 heavy (non-hydrogen) atoms. The summed E-state index contributed by atoms with van der Waals surface area (Å²) in [6.07, 6.45) is 1.37. The van der Waals surface area contributed by atoms with Gasteiger partial charge in [-0.3, -0.25) is 18.9 Å². The molecule has 4 atom stereocenters. The van der Waals surface area contributed by atoms with Crippen LogP contribution in [0, 0.1) is 5.92 Å². The van der Waals surface area contributed by atoms with Crippen molar-refractivity contribution < 1.29 is 19.1 Å². The van der Waals surface area contributed by atoms with E-state index in [2.05, 4.69) is 29.0 Å². The van der Waals surface area contributed by atoms with Crippen LogP contribution in [0.3, 0.4) is 0 Å². The van der Waals surface area contributed by atoms with E-state index < -0.39 is 6.04 Å². The normalized spacial score (nSPS) is 29.7. The predicted molar refractivity (Wildman–Crippen MR) is 80.4 cm³/mol. The third-order valence-corrected chi connectivity index (χ3v) is 4.87. The number of nitrogens with one attached hydrogen (secondary N) is 1. The first-order valence-corrected chi connectivity index (χ1v) is 7.97. The van der Waals surface area contributed by atoms with Crippen molar-refractivity contribution in [3.8, 4) is 0 Å². The first-order valence-electron chi connectivity index (χ1n) is 6.98. The quantitative estimate of drug-likeness (QED) is 0.554. The minimum absolute atomic E-state index is 0.0305. The number of carbonyl (C=O) groups excluding carboxylic acids is 2. The summed E-state index contributed by atoms with van der Waals surface area (Å²) < 4.78 is 7.11. The Morgan fingerprint density at radius 3 is 2.76 bits per heavy atom. The molecule has 2 unspecified atom stereocenters. The van der Waals surface area contributed by atoms with Gasteiger partial charge in [0.25, 0.3) is 5.91 Å². The molecule has 0 saturated carbocycles. The summed E-state index contributed by atoms with van der Waals surface area (Å²) in [7, 11) is 4.71. The van der Waals surface area contributed by atoms with Crippen LogP contribution in [0.1, 0.15) is 12.8 Å². The highest BCUT2D eigenvalue weighted by Gasteiger charge is 2.47. The summed E-state index contributed by atoms with van der Waals surface area (Å²) in [6.45, 7) is 2.93. The lowest BCUT2D eigenvalue weighted by molar-refractivity contribution is -0.140. The Kier molecular flexibility index (Phi) is 4.62. The van der Waals surface area contributed by atoms with Gasteiger partial charge in [0, 0.05) is 35.0 Å².